The number of halogens is 1. The molecule has 0 spiro atoms. The van der Waals surface area contributed by atoms with E-state index in [0.717, 1.165) is 30.7 Å². The van der Waals surface area contributed by atoms with Gasteiger partial charge < -0.3 is 5.32 Å². The maximum absolute atomic E-state index is 3.75. The molecule has 0 aliphatic heterocycles. The molecule has 1 fully saturated rings. The van der Waals surface area contributed by atoms with Crippen LogP contribution in [0.4, 0.5) is 0 Å². The van der Waals surface area contributed by atoms with Crippen LogP contribution in [0.3, 0.4) is 0 Å². The lowest BCUT2D eigenvalue weighted by Crippen LogP contribution is -2.41. The molecule has 1 aromatic rings. The molecule has 0 saturated heterocycles. The Morgan fingerprint density at radius 2 is 1.80 bits per heavy atom. The van der Waals surface area contributed by atoms with Crippen molar-refractivity contribution in [2.45, 2.75) is 52.5 Å². The summed E-state index contributed by atoms with van der Waals surface area (Å²) < 4.78 is 1.25. The van der Waals surface area contributed by atoms with Crippen molar-refractivity contribution >= 4 is 15.9 Å². The summed E-state index contributed by atoms with van der Waals surface area (Å²) in [6.07, 6.45) is 5.31. The summed E-state index contributed by atoms with van der Waals surface area (Å²) in [6, 6.07) is 9.27. The van der Waals surface area contributed by atoms with Crippen LogP contribution < -0.4 is 5.32 Å². The van der Waals surface area contributed by atoms with Crippen LogP contribution in [0.15, 0.2) is 28.7 Å². The van der Waals surface area contributed by atoms with Crippen molar-refractivity contribution in [1.29, 1.82) is 0 Å². The number of benzene rings is 1. The van der Waals surface area contributed by atoms with Gasteiger partial charge in [-0.1, -0.05) is 54.9 Å². The molecule has 20 heavy (non-hydrogen) atoms. The summed E-state index contributed by atoms with van der Waals surface area (Å²) in [6.45, 7) is 8.13. The Morgan fingerprint density at radius 1 is 1.15 bits per heavy atom. The van der Waals surface area contributed by atoms with Crippen LogP contribution >= 0.6 is 15.9 Å². The first-order chi connectivity index (χ1) is 9.60. The minimum atomic E-state index is 0.615. The van der Waals surface area contributed by atoms with E-state index in [0.29, 0.717) is 6.04 Å². The van der Waals surface area contributed by atoms with Gasteiger partial charge >= 0.3 is 0 Å². The predicted octanol–water partition coefficient (Wildman–Crippen LogP) is 5.04. The summed E-state index contributed by atoms with van der Waals surface area (Å²) in [7, 11) is 0. The summed E-state index contributed by atoms with van der Waals surface area (Å²) in [4.78, 5) is 0. The maximum Gasteiger partial charge on any atom is 0.0207 e. The quantitative estimate of drug-likeness (QED) is 0.793. The number of nitrogens with one attached hydrogen (secondary N) is 1. The van der Waals surface area contributed by atoms with Crippen LogP contribution in [0, 0.1) is 17.8 Å². The Hall–Kier alpha value is -0.340. The summed E-state index contributed by atoms with van der Waals surface area (Å²) in [5.41, 5.74) is 1.43. The lowest BCUT2D eigenvalue weighted by Gasteiger charge is -2.37. The Labute approximate surface area is 132 Å². The number of rotatable bonds is 5. The van der Waals surface area contributed by atoms with E-state index in [1.807, 2.05) is 0 Å². The molecule has 3 unspecified atom stereocenters. The van der Waals surface area contributed by atoms with E-state index in [2.05, 4.69) is 66.3 Å². The fourth-order valence-corrected chi connectivity index (χ4v) is 4.35. The zero-order valence-corrected chi connectivity index (χ0v) is 14.6. The van der Waals surface area contributed by atoms with Gasteiger partial charge in [-0.25, -0.2) is 0 Å². The van der Waals surface area contributed by atoms with Gasteiger partial charge in [-0.3, -0.25) is 0 Å². The minimum absolute atomic E-state index is 0.615. The number of hydrogen-bond acceptors (Lipinski definition) is 1. The molecule has 0 heterocycles. The van der Waals surface area contributed by atoms with Crippen molar-refractivity contribution in [2.24, 2.45) is 17.8 Å². The molecule has 0 aromatic heterocycles. The number of likely N-dealkylation sites (N-methyl/N-ethyl adjacent to an activating group) is 1. The Kier molecular flexibility index (Phi) is 6.10. The highest BCUT2D eigenvalue weighted by atomic mass is 79.9. The monoisotopic (exact) mass is 337 g/mol. The van der Waals surface area contributed by atoms with E-state index in [9.17, 15) is 0 Å². The summed E-state index contributed by atoms with van der Waals surface area (Å²) in [5.74, 6) is 2.58. The molecule has 3 atom stereocenters. The van der Waals surface area contributed by atoms with Crippen molar-refractivity contribution in [3.63, 3.8) is 0 Å². The fourth-order valence-electron chi connectivity index (χ4n) is 3.91. The van der Waals surface area contributed by atoms with Crippen LogP contribution in [0.1, 0.15) is 45.6 Å². The van der Waals surface area contributed by atoms with Gasteiger partial charge in [0.1, 0.15) is 0 Å². The van der Waals surface area contributed by atoms with Crippen molar-refractivity contribution in [3.8, 4) is 0 Å². The minimum Gasteiger partial charge on any atom is -0.314 e. The normalized spacial score (nSPS) is 28.3. The van der Waals surface area contributed by atoms with Crippen LogP contribution in [0.5, 0.6) is 0 Å². The average Bonchev–Trinajstić information content (AvgIpc) is 2.39. The highest BCUT2D eigenvalue weighted by molar-refractivity contribution is 9.10. The first-order valence-electron chi connectivity index (χ1n) is 8.06. The molecule has 1 saturated carbocycles. The van der Waals surface area contributed by atoms with E-state index in [-0.39, 0.29) is 0 Å². The largest absolute Gasteiger partial charge is 0.314 e. The molecule has 1 N–H and O–H groups in total. The molecule has 0 bridgehead atoms. The maximum atomic E-state index is 3.75. The highest BCUT2D eigenvalue weighted by Gasteiger charge is 2.29. The summed E-state index contributed by atoms with van der Waals surface area (Å²) >= 11 is 3.70. The second kappa shape index (κ2) is 7.61. The molecule has 1 aliphatic rings. The third-order valence-corrected chi connectivity index (χ3v) is 5.42. The van der Waals surface area contributed by atoms with Gasteiger partial charge in [-0.15, -0.1) is 0 Å². The Bertz CT molecular complexity index is 408. The summed E-state index contributed by atoms with van der Waals surface area (Å²) in [5, 5.41) is 3.75. The third-order valence-electron chi connectivity index (χ3n) is 4.65. The lowest BCUT2D eigenvalue weighted by atomic mass is 9.72. The molecular formula is C18H28BrN. The number of hydrogen-bond donors (Lipinski definition) is 1. The van der Waals surface area contributed by atoms with Gasteiger partial charge in [-0.05, 0) is 61.6 Å². The smallest absolute Gasteiger partial charge is 0.0207 e. The first kappa shape index (κ1) is 16.0. The zero-order valence-electron chi connectivity index (χ0n) is 13.0. The molecule has 2 heteroatoms. The van der Waals surface area contributed by atoms with Crippen molar-refractivity contribution < 1.29 is 0 Å². The van der Waals surface area contributed by atoms with Gasteiger partial charge in [0.15, 0.2) is 0 Å². The first-order valence-corrected chi connectivity index (χ1v) is 8.86. The fraction of sp³-hybridized carbons (Fsp3) is 0.667. The van der Waals surface area contributed by atoms with Gasteiger partial charge in [0.2, 0.25) is 0 Å². The molecule has 1 aliphatic carbocycles. The molecule has 1 nitrogen and oxygen atoms in total. The topological polar surface area (TPSA) is 12.0 Å². The molecule has 1 aromatic carbocycles. The standard InChI is InChI=1S/C18H28BrN/c1-4-20-18(12-15-7-5-6-8-17(15)19)16-10-13(2)9-14(3)11-16/h5-8,13-14,16,18,20H,4,9-12H2,1-3H3. The van der Waals surface area contributed by atoms with Crippen LogP contribution in [0.2, 0.25) is 0 Å². The highest BCUT2D eigenvalue weighted by Crippen LogP contribution is 2.36. The Morgan fingerprint density at radius 3 is 2.40 bits per heavy atom. The second-order valence-corrected chi connectivity index (χ2v) is 7.49. The van der Waals surface area contributed by atoms with E-state index in [1.54, 1.807) is 0 Å². The van der Waals surface area contributed by atoms with Crippen molar-refractivity contribution in [3.05, 3.63) is 34.3 Å². The zero-order chi connectivity index (χ0) is 14.5. The second-order valence-electron chi connectivity index (χ2n) is 6.64. The van der Waals surface area contributed by atoms with Gasteiger partial charge in [0, 0.05) is 10.5 Å². The van der Waals surface area contributed by atoms with E-state index in [4.69, 9.17) is 0 Å². The van der Waals surface area contributed by atoms with Crippen LogP contribution in [-0.4, -0.2) is 12.6 Å². The van der Waals surface area contributed by atoms with Crippen LogP contribution in [-0.2, 0) is 6.42 Å². The molecule has 0 amide bonds. The average molecular weight is 338 g/mol. The van der Waals surface area contributed by atoms with Crippen molar-refractivity contribution in [2.75, 3.05) is 6.54 Å². The van der Waals surface area contributed by atoms with Crippen molar-refractivity contribution in [1.82, 2.24) is 5.32 Å². The van der Waals surface area contributed by atoms with E-state index >= 15 is 0 Å². The lowest BCUT2D eigenvalue weighted by molar-refractivity contribution is 0.176. The van der Waals surface area contributed by atoms with Gasteiger partial charge in [0.25, 0.3) is 0 Å². The van der Waals surface area contributed by atoms with Gasteiger partial charge in [0.05, 0.1) is 0 Å². The Balaban J connectivity index is 2.08. The predicted molar refractivity (Wildman–Crippen MR) is 91.0 cm³/mol. The van der Waals surface area contributed by atoms with E-state index < -0.39 is 0 Å². The molecule has 0 radical (unpaired) electrons. The third kappa shape index (κ3) is 4.33. The van der Waals surface area contributed by atoms with Gasteiger partial charge in [-0.2, -0.15) is 0 Å². The molecule has 2 rings (SSSR count). The van der Waals surface area contributed by atoms with Crippen LogP contribution in [0.25, 0.3) is 0 Å². The molecule has 112 valence electrons. The SMILES string of the molecule is CCNC(Cc1ccccc1Br)C1CC(C)CC(C)C1. The molecular weight excluding hydrogens is 310 g/mol. The van der Waals surface area contributed by atoms with E-state index in [1.165, 1.54) is 29.3 Å².